The molecule has 0 atom stereocenters. The van der Waals surface area contributed by atoms with Gasteiger partial charge in [0.1, 0.15) is 63.9 Å². The fraction of sp³-hybridized carbons (Fsp3) is 0.0448. The molecule has 0 aliphatic rings. The fourth-order valence-corrected chi connectivity index (χ4v) is 16.3. The van der Waals surface area contributed by atoms with Crippen molar-refractivity contribution in [2.45, 2.75) is 50.1 Å². The molecular weight excluding hydrogens is 1490 g/mol. The Kier molecular flexibility index (Phi) is 19.1. The third-order valence-corrected chi connectivity index (χ3v) is 23.3. The first-order valence-electron chi connectivity index (χ1n) is 28.4. The maximum Gasteiger partial charge on any atom is 0.339 e. The van der Waals surface area contributed by atoms with Crippen LogP contribution in [0.5, 0.6) is 69.0 Å². The van der Waals surface area contributed by atoms with Crippen LogP contribution in [0.3, 0.4) is 0 Å². The molecular formula is C67H47Cl3O24S6. The van der Waals surface area contributed by atoms with Crippen LogP contribution in [0.4, 0.5) is 0 Å². The van der Waals surface area contributed by atoms with Crippen LogP contribution in [-0.4, -0.2) is 81.1 Å². The minimum Gasteiger partial charge on any atom is -0.508 e. The second-order valence-corrected chi connectivity index (χ2v) is 32.2. The molecule has 0 fully saturated rings. The Hall–Kier alpha value is -10.2. The SMILES string of the molecule is Cc1ccc(S(=O)(=O)Oc2ccc3c(OS(=O)(=O)c4ccc(C)c(O)c4)c4ccccc4cc3c2OS(=O)(=O)c2ccc(C)c(O)c2)cc1O.O=S(=O)(Oc1ccc2c(OS(=O)(=O)c3ccc(O)c(Cl)c3)c3ccccc3cc2c1OS(=O)(=O)c1ccc(O)c(Cl)c1)c1ccc(O)c(Cl)c1. The molecule has 100 heavy (non-hydrogen) atoms. The van der Waals surface area contributed by atoms with Gasteiger partial charge in [-0.25, -0.2) is 0 Å². The average Bonchev–Trinajstić information content (AvgIpc) is 0.745. The lowest BCUT2D eigenvalue weighted by Crippen LogP contribution is -2.14. The minimum absolute atomic E-state index is 0.0155. The topological polar surface area (TPSA) is 382 Å². The molecule has 24 nitrogen and oxygen atoms in total. The summed E-state index contributed by atoms with van der Waals surface area (Å²) in [7, 11) is -28.5. The summed E-state index contributed by atoms with van der Waals surface area (Å²) >= 11 is 17.8. The number of aromatic hydroxyl groups is 6. The van der Waals surface area contributed by atoms with E-state index >= 15 is 0 Å². The fourth-order valence-electron chi connectivity index (χ4n) is 9.71. The van der Waals surface area contributed by atoms with Crippen LogP contribution in [0.2, 0.25) is 15.1 Å². The third kappa shape index (κ3) is 14.5. The number of phenolic OH excluding ortho intramolecular Hbond substituents is 6. The number of hydrogen-bond donors (Lipinski definition) is 6. The van der Waals surface area contributed by atoms with Crippen LogP contribution < -0.4 is 25.1 Å². The molecule has 0 saturated carbocycles. The zero-order valence-corrected chi connectivity index (χ0v) is 58.3. The molecule has 516 valence electrons. The summed E-state index contributed by atoms with van der Waals surface area (Å²) in [6.07, 6.45) is 0. The number of hydrogen-bond acceptors (Lipinski definition) is 24. The zero-order valence-electron chi connectivity index (χ0n) is 51.1. The number of halogens is 3. The van der Waals surface area contributed by atoms with E-state index in [-0.39, 0.29) is 86.8 Å². The van der Waals surface area contributed by atoms with E-state index in [2.05, 4.69) is 0 Å². The first kappa shape index (κ1) is 71.1. The van der Waals surface area contributed by atoms with Gasteiger partial charge in [-0.3, -0.25) is 0 Å². The molecule has 0 aromatic heterocycles. The second-order valence-electron chi connectivity index (χ2n) is 21.7. The van der Waals surface area contributed by atoms with Crippen LogP contribution >= 0.6 is 34.8 Å². The van der Waals surface area contributed by atoms with Crippen molar-refractivity contribution in [2.24, 2.45) is 0 Å². The molecule has 33 heteroatoms. The summed E-state index contributed by atoms with van der Waals surface area (Å²) < 4.78 is 196. The van der Waals surface area contributed by atoms with E-state index in [4.69, 9.17) is 59.9 Å². The van der Waals surface area contributed by atoms with Gasteiger partial charge in [0.15, 0.2) is 34.5 Å². The molecule has 0 radical (unpaired) electrons. The van der Waals surface area contributed by atoms with Gasteiger partial charge in [0.25, 0.3) is 0 Å². The van der Waals surface area contributed by atoms with Crippen molar-refractivity contribution >= 4 is 139 Å². The van der Waals surface area contributed by atoms with E-state index in [1.165, 1.54) is 66.7 Å². The quantitative estimate of drug-likeness (QED) is 0.0343. The Morgan fingerprint density at radius 3 is 0.800 bits per heavy atom. The predicted octanol–water partition coefficient (Wildman–Crippen LogP) is 13.7. The first-order chi connectivity index (χ1) is 46.9. The van der Waals surface area contributed by atoms with Crippen LogP contribution in [0, 0.1) is 20.8 Å². The molecule has 6 N–H and O–H groups in total. The van der Waals surface area contributed by atoms with Crippen molar-refractivity contribution in [3.05, 3.63) is 226 Å². The first-order valence-corrected chi connectivity index (χ1v) is 38.0. The summed E-state index contributed by atoms with van der Waals surface area (Å²) in [5.41, 5.74) is 1.19. The van der Waals surface area contributed by atoms with E-state index < -0.39 is 120 Å². The van der Waals surface area contributed by atoms with E-state index in [0.29, 0.717) is 27.5 Å². The van der Waals surface area contributed by atoms with Gasteiger partial charge in [-0.1, -0.05) is 102 Å². The molecule has 12 rings (SSSR count). The van der Waals surface area contributed by atoms with Gasteiger partial charge >= 0.3 is 60.7 Å². The van der Waals surface area contributed by atoms with Gasteiger partial charge in [0, 0.05) is 50.5 Å². The standard InChI is InChI=1S/C35H28O12S3.C32H19Cl3O12S3/c1-20-8-11-24(17-30(20)36)48(39,40)45-33-15-14-28-29(35(33)47-50(43,44)26-13-10-22(3)32(38)19-26)16-23-6-4-5-7-27(23)34(28)46-49(41,42)25-12-9-21(2)31(37)18-25;33-24-14-18(5-9-27(24)36)48(39,40)45-30-12-8-22-23(32(30)47-50(43,44)20-7-11-29(38)26(35)16-20)13-17-3-1-2-4-21(17)31(22)46-49(41,42)19-6-10-28(37)25(34)15-19/h4-19,36-38H,1-3H3;1-16,36-38H. The Balaban J connectivity index is 0.000000202. The van der Waals surface area contributed by atoms with Gasteiger partial charge in [-0.2, -0.15) is 50.5 Å². The largest absolute Gasteiger partial charge is 0.508 e. The highest BCUT2D eigenvalue weighted by atomic mass is 35.5. The number of rotatable bonds is 18. The van der Waals surface area contributed by atoms with Gasteiger partial charge in [0.2, 0.25) is 0 Å². The highest BCUT2D eigenvalue weighted by Crippen LogP contribution is 2.49. The monoisotopic (exact) mass is 1530 g/mol. The normalized spacial score (nSPS) is 12.2. The Morgan fingerprint density at radius 2 is 0.510 bits per heavy atom. The molecule has 12 aromatic carbocycles. The summed E-state index contributed by atoms with van der Waals surface area (Å²) in [6, 6.07) is 39.6. The van der Waals surface area contributed by atoms with E-state index in [1.54, 1.807) is 63.2 Å². The van der Waals surface area contributed by atoms with Crippen molar-refractivity contribution in [1.82, 2.24) is 0 Å². The zero-order chi connectivity index (χ0) is 72.3. The number of phenols is 6. The Morgan fingerprint density at radius 1 is 0.250 bits per heavy atom. The maximum absolute atomic E-state index is 13.7. The van der Waals surface area contributed by atoms with Crippen molar-refractivity contribution in [3.8, 4) is 69.0 Å². The average molecular weight is 1530 g/mol. The molecule has 0 unspecified atom stereocenters. The third-order valence-electron chi connectivity index (χ3n) is 15.0. The maximum atomic E-state index is 13.7. The number of fused-ring (bicyclic) bond motifs is 4. The summed E-state index contributed by atoms with van der Waals surface area (Å²) in [5.74, 6) is -5.38. The summed E-state index contributed by atoms with van der Waals surface area (Å²) in [4.78, 5) is -2.78. The van der Waals surface area contributed by atoms with E-state index in [0.717, 1.165) is 84.9 Å². The van der Waals surface area contributed by atoms with Gasteiger partial charge < -0.3 is 55.7 Å². The van der Waals surface area contributed by atoms with E-state index in [9.17, 15) is 81.1 Å². The molecule has 0 amide bonds. The molecule has 0 saturated heterocycles. The van der Waals surface area contributed by atoms with Crippen LogP contribution in [-0.2, 0) is 60.7 Å². The van der Waals surface area contributed by atoms with Gasteiger partial charge in [-0.15, -0.1) is 0 Å². The Labute approximate surface area is 585 Å². The van der Waals surface area contributed by atoms with E-state index in [1.807, 2.05) is 0 Å². The number of benzene rings is 12. The summed E-state index contributed by atoms with van der Waals surface area (Å²) in [6.45, 7) is 4.69. The van der Waals surface area contributed by atoms with Crippen molar-refractivity contribution in [2.75, 3.05) is 0 Å². The Bertz CT molecular complexity index is 5760. The van der Waals surface area contributed by atoms with Crippen LogP contribution in [0.15, 0.2) is 223 Å². The highest BCUT2D eigenvalue weighted by molar-refractivity contribution is 7.88. The molecule has 0 spiro atoms. The van der Waals surface area contributed by atoms with Gasteiger partial charge in [0.05, 0.1) is 15.1 Å². The predicted molar refractivity (Wildman–Crippen MR) is 368 cm³/mol. The highest BCUT2D eigenvalue weighted by Gasteiger charge is 2.33. The molecule has 12 aromatic rings. The number of aryl methyl sites for hydroxylation is 3. The van der Waals surface area contributed by atoms with Gasteiger partial charge in [-0.05, 0) is 157 Å². The second kappa shape index (κ2) is 26.8. The molecule has 0 aliphatic carbocycles. The van der Waals surface area contributed by atoms with Crippen LogP contribution in [0.25, 0.3) is 43.1 Å². The van der Waals surface area contributed by atoms with Crippen molar-refractivity contribution < 1.29 is 106 Å². The molecule has 0 heterocycles. The summed E-state index contributed by atoms with van der Waals surface area (Å²) in [5, 5.41) is 59.8. The van der Waals surface area contributed by atoms with Crippen molar-refractivity contribution in [1.29, 1.82) is 0 Å². The lowest BCUT2D eigenvalue weighted by atomic mass is 10.0. The molecule has 0 bridgehead atoms. The van der Waals surface area contributed by atoms with Crippen LogP contribution in [0.1, 0.15) is 16.7 Å². The molecule has 0 aliphatic heterocycles. The lowest BCUT2D eigenvalue weighted by molar-refractivity contribution is 0.447. The minimum atomic E-state index is -4.87. The smallest absolute Gasteiger partial charge is 0.339 e. The lowest BCUT2D eigenvalue weighted by Gasteiger charge is -2.18. The van der Waals surface area contributed by atoms with Crippen molar-refractivity contribution in [3.63, 3.8) is 0 Å².